The molecule has 1 heterocycles. The molecule has 266 valence electrons. The first-order chi connectivity index (χ1) is 22.0. The smallest absolute Gasteiger partial charge is 0.132 e. The highest BCUT2D eigenvalue weighted by Crippen LogP contribution is 2.67. The van der Waals surface area contributed by atoms with Crippen LogP contribution in [0.15, 0.2) is 11.6 Å². The second-order valence-electron chi connectivity index (χ2n) is 17.0. The van der Waals surface area contributed by atoms with Crippen molar-refractivity contribution >= 4 is 11.8 Å². The van der Waals surface area contributed by atoms with Gasteiger partial charge in [0.2, 0.25) is 0 Å². The van der Waals surface area contributed by atoms with Gasteiger partial charge in [0.15, 0.2) is 0 Å². The molecule has 5 rings (SSSR count). The summed E-state index contributed by atoms with van der Waals surface area (Å²) in [4.78, 5) is 0. The predicted octanol–water partition coefficient (Wildman–Crippen LogP) is 7.51. The van der Waals surface area contributed by atoms with Crippen molar-refractivity contribution in [2.45, 2.75) is 167 Å². The molecular weight excluding hydrogens is 596 g/mol. The third kappa shape index (κ3) is 7.92. The topological polar surface area (TPSA) is 99.4 Å². The second kappa shape index (κ2) is 16.2. The van der Waals surface area contributed by atoms with E-state index in [1.807, 2.05) is 0 Å². The molecule has 0 spiro atoms. The van der Waals surface area contributed by atoms with Gasteiger partial charge < -0.3 is 29.9 Å². The number of rotatable bonds is 15. The van der Waals surface area contributed by atoms with Crippen LogP contribution in [-0.4, -0.2) is 75.3 Å². The predicted molar refractivity (Wildman–Crippen MR) is 187 cm³/mol. The zero-order valence-corrected chi connectivity index (χ0v) is 30.6. The van der Waals surface area contributed by atoms with E-state index in [0.29, 0.717) is 16.9 Å². The van der Waals surface area contributed by atoms with Crippen molar-refractivity contribution in [1.29, 1.82) is 0 Å². The van der Waals surface area contributed by atoms with Crippen LogP contribution in [0.4, 0.5) is 0 Å². The van der Waals surface area contributed by atoms with Crippen molar-refractivity contribution in [3.05, 3.63) is 11.6 Å². The summed E-state index contributed by atoms with van der Waals surface area (Å²) in [6, 6.07) is 0. The van der Waals surface area contributed by atoms with E-state index >= 15 is 0 Å². The van der Waals surface area contributed by atoms with Crippen LogP contribution in [0.2, 0.25) is 0 Å². The minimum absolute atomic E-state index is 0.369. The first kappa shape index (κ1) is 37.1. The van der Waals surface area contributed by atoms with Crippen molar-refractivity contribution in [2.75, 3.05) is 19.0 Å². The summed E-state index contributed by atoms with van der Waals surface area (Å²) in [5.41, 5.74) is 2.03. The van der Waals surface area contributed by atoms with Gasteiger partial charge in [0.05, 0.1) is 12.7 Å². The molecule has 0 unspecified atom stereocenters. The molecule has 0 bridgehead atoms. The Kier molecular flexibility index (Phi) is 13.1. The van der Waals surface area contributed by atoms with Crippen molar-refractivity contribution in [3.63, 3.8) is 0 Å². The molecule has 3 saturated carbocycles. The summed E-state index contributed by atoms with van der Waals surface area (Å²) in [6.07, 6.45) is 17.7. The van der Waals surface area contributed by atoms with Gasteiger partial charge >= 0.3 is 0 Å². The summed E-state index contributed by atoms with van der Waals surface area (Å²) in [5, 5.41) is 39.5. The number of fused-ring (bicyclic) bond motifs is 5. The molecule has 0 amide bonds. The number of allylic oxidation sites excluding steroid dienone is 1. The fourth-order valence-electron chi connectivity index (χ4n) is 11.0. The molecule has 1 saturated heterocycles. The highest BCUT2D eigenvalue weighted by atomic mass is 32.2. The van der Waals surface area contributed by atoms with E-state index in [1.165, 1.54) is 76.0 Å². The van der Waals surface area contributed by atoms with Gasteiger partial charge in [0, 0.05) is 6.61 Å². The molecule has 5 aliphatic rings. The van der Waals surface area contributed by atoms with E-state index in [2.05, 4.69) is 40.7 Å². The van der Waals surface area contributed by atoms with Crippen molar-refractivity contribution in [2.24, 2.45) is 46.3 Å². The van der Waals surface area contributed by atoms with Gasteiger partial charge in [0.25, 0.3) is 0 Å². The number of hydrogen-bond acceptors (Lipinski definition) is 7. The Bertz CT molecular complexity index is 988. The molecular formula is C39H68O6S. The quantitative estimate of drug-likeness (QED) is 0.106. The molecule has 6 nitrogen and oxygen atoms in total. The van der Waals surface area contributed by atoms with Gasteiger partial charge in [-0.2, -0.15) is 0 Å². The minimum atomic E-state index is -1.29. The van der Waals surface area contributed by atoms with Crippen molar-refractivity contribution in [3.8, 4) is 0 Å². The van der Waals surface area contributed by atoms with Crippen LogP contribution in [0.5, 0.6) is 0 Å². The zero-order chi connectivity index (χ0) is 33.1. The van der Waals surface area contributed by atoms with E-state index in [1.54, 1.807) is 5.57 Å². The Morgan fingerprint density at radius 3 is 2.43 bits per heavy atom. The van der Waals surface area contributed by atoms with E-state index in [4.69, 9.17) is 9.47 Å². The molecule has 0 aromatic rings. The number of thioether (sulfide) groups is 1. The molecule has 7 heteroatoms. The number of aliphatic hydroxyl groups excluding tert-OH is 4. The van der Waals surface area contributed by atoms with E-state index < -0.39 is 29.9 Å². The molecule has 4 aliphatic carbocycles. The zero-order valence-electron chi connectivity index (χ0n) is 29.7. The van der Waals surface area contributed by atoms with Crippen LogP contribution in [0.1, 0.15) is 131 Å². The molecule has 4 fully saturated rings. The minimum Gasteiger partial charge on any atom is -0.394 e. The monoisotopic (exact) mass is 664 g/mol. The third-order valence-electron chi connectivity index (χ3n) is 13.8. The van der Waals surface area contributed by atoms with Crippen molar-refractivity contribution < 1.29 is 29.9 Å². The normalized spacial score (nSPS) is 43.1. The largest absolute Gasteiger partial charge is 0.394 e. The van der Waals surface area contributed by atoms with Gasteiger partial charge in [-0.3, -0.25) is 0 Å². The summed E-state index contributed by atoms with van der Waals surface area (Å²) >= 11 is 1.45. The van der Waals surface area contributed by atoms with Crippen LogP contribution >= 0.6 is 11.8 Å². The van der Waals surface area contributed by atoms with Gasteiger partial charge in [-0.05, 0) is 116 Å². The van der Waals surface area contributed by atoms with Gasteiger partial charge in [0.1, 0.15) is 29.9 Å². The Morgan fingerprint density at radius 2 is 1.67 bits per heavy atom. The second-order valence-corrected chi connectivity index (χ2v) is 18.2. The highest BCUT2D eigenvalue weighted by Gasteiger charge is 2.59. The summed E-state index contributed by atoms with van der Waals surface area (Å²) in [6.45, 7) is 13.1. The number of hydrogen-bond donors (Lipinski definition) is 4. The van der Waals surface area contributed by atoms with Crippen LogP contribution in [0, 0.1) is 46.3 Å². The third-order valence-corrected chi connectivity index (χ3v) is 15.0. The van der Waals surface area contributed by atoms with E-state index in [0.717, 1.165) is 80.0 Å². The lowest BCUT2D eigenvalue weighted by Gasteiger charge is -2.58. The Hall–Kier alpha value is -0.150. The van der Waals surface area contributed by atoms with Gasteiger partial charge in [-0.15, -0.1) is 11.8 Å². The Morgan fingerprint density at radius 1 is 0.891 bits per heavy atom. The van der Waals surface area contributed by atoms with Crippen LogP contribution in [-0.2, 0) is 9.47 Å². The lowest BCUT2D eigenvalue weighted by atomic mass is 9.47. The average Bonchev–Trinajstić information content (AvgIpc) is 3.39. The SMILES string of the molecule is CC(C)CCC[C@@H](C)[C@H]1CC[C@H]2[C@@H]3CC=C4C[C@@H](OCCCCCCS[C@@H]5O[C@H](CO)[C@H](O)[C@H](O)[C@H]5O)CC[C@]4(C)[C@H]3CC[C@]12C. The molecule has 0 aromatic carbocycles. The average molecular weight is 665 g/mol. The van der Waals surface area contributed by atoms with E-state index in [-0.39, 0.29) is 6.61 Å². The number of aliphatic hydroxyl groups is 4. The molecule has 1 aliphatic heterocycles. The molecule has 4 N–H and O–H groups in total. The molecule has 0 radical (unpaired) electrons. The van der Waals surface area contributed by atoms with Crippen LogP contribution < -0.4 is 0 Å². The summed E-state index contributed by atoms with van der Waals surface area (Å²) < 4.78 is 12.1. The fourth-order valence-corrected chi connectivity index (χ4v) is 12.2. The van der Waals surface area contributed by atoms with Crippen molar-refractivity contribution in [1.82, 2.24) is 0 Å². The molecule has 0 aromatic heterocycles. The maximum atomic E-state index is 10.2. The fraction of sp³-hybridized carbons (Fsp3) is 0.949. The standard InChI is InChI=1S/C39H68O6S/c1-25(2)11-10-12-26(3)30-15-16-31-29-14-13-27-23-28(17-19-38(27,4)32(29)18-20-39(30,31)5)44-21-8-6-7-9-22-46-37-36(43)35(42)34(41)33(24-40)45-37/h13,25-26,28-37,40-43H,6-12,14-24H2,1-5H3/t26-,28+,29+,30-,31+,32+,33-,34+,35+,36-,37+,38+,39-/m1/s1. The van der Waals surface area contributed by atoms with Crippen LogP contribution in [0.3, 0.4) is 0 Å². The summed E-state index contributed by atoms with van der Waals surface area (Å²) in [7, 11) is 0. The summed E-state index contributed by atoms with van der Waals surface area (Å²) in [5.74, 6) is 6.10. The Balaban J connectivity index is 1.02. The lowest BCUT2D eigenvalue weighted by molar-refractivity contribution is -0.205. The molecule has 46 heavy (non-hydrogen) atoms. The lowest BCUT2D eigenvalue weighted by Crippen LogP contribution is -2.57. The number of unbranched alkanes of at least 4 members (excludes halogenated alkanes) is 3. The maximum Gasteiger partial charge on any atom is 0.132 e. The number of ether oxygens (including phenoxy) is 2. The van der Waals surface area contributed by atoms with Crippen LogP contribution in [0.25, 0.3) is 0 Å². The van der Waals surface area contributed by atoms with E-state index in [9.17, 15) is 20.4 Å². The highest BCUT2D eigenvalue weighted by molar-refractivity contribution is 7.99. The molecule has 13 atom stereocenters. The maximum absolute atomic E-state index is 10.2. The van der Waals surface area contributed by atoms with Gasteiger partial charge in [-0.25, -0.2) is 0 Å². The first-order valence-electron chi connectivity index (χ1n) is 19.2. The van der Waals surface area contributed by atoms with Gasteiger partial charge in [-0.1, -0.05) is 78.4 Å². The Labute approximate surface area is 284 Å². The first-order valence-corrected chi connectivity index (χ1v) is 20.3.